The van der Waals surface area contributed by atoms with Crippen molar-refractivity contribution in [3.05, 3.63) is 52.7 Å². The van der Waals surface area contributed by atoms with Crippen molar-refractivity contribution in [3.63, 3.8) is 0 Å². The maximum atomic E-state index is 2.60. The molecule has 0 atom stereocenters. The van der Waals surface area contributed by atoms with Crippen LogP contribution >= 0.6 is 0 Å². The fraction of sp³-hybridized carbons (Fsp3) is 0.389. The molecule has 19 heavy (non-hydrogen) atoms. The van der Waals surface area contributed by atoms with Crippen LogP contribution in [0.3, 0.4) is 0 Å². The number of aryl methyl sites for hydroxylation is 2. The van der Waals surface area contributed by atoms with E-state index in [9.17, 15) is 0 Å². The van der Waals surface area contributed by atoms with Crippen molar-refractivity contribution in [1.82, 2.24) is 0 Å². The third-order valence-electron chi connectivity index (χ3n) is 4.78. The van der Waals surface area contributed by atoms with Crippen molar-refractivity contribution in [2.24, 2.45) is 0 Å². The summed E-state index contributed by atoms with van der Waals surface area (Å²) in [7, 11) is 0. The number of hydrogen-bond donors (Lipinski definition) is 0. The third kappa shape index (κ3) is 1.64. The standard InChI is InChI=1S/C18H20N/c1-13-12-18-16-8-3-2-6-14(16)10-11-19(18)17-9-5-4-7-15(13)17/h2-3,6,8,12H,4-5,7,9-11H2,1H3/q+1. The lowest BCUT2D eigenvalue weighted by Crippen LogP contribution is -2.46. The van der Waals surface area contributed by atoms with Crippen LogP contribution in [0.25, 0.3) is 11.3 Å². The van der Waals surface area contributed by atoms with E-state index in [0.717, 1.165) is 6.54 Å². The van der Waals surface area contributed by atoms with Crippen LogP contribution in [-0.2, 0) is 25.8 Å². The highest BCUT2D eigenvalue weighted by atomic mass is 15.0. The van der Waals surface area contributed by atoms with Crippen LogP contribution in [-0.4, -0.2) is 0 Å². The van der Waals surface area contributed by atoms with E-state index in [0.29, 0.717) is 0 Å². The molecule has 0 saturated heterocycles. The average Bonchev–Trinajstić information content (AvgIpc) is 2.47. The molecule has 2 aliphatic rings. The molecular formula is C18H20N+. The van der Waals surface area contributed by atoms with E-state index < -0.39 is 0 Å². The quantitative estimate of drug-likeness (QED) is 0.631. The molecule has 4 rings (SSSR count). The topological polar surface area (TPSA) is 3.88 Å². The van der Waals surface area contributed by atoms with Gasteiger partial charge in [-0.1, -0.05) is 18.2 Å². The first kappa shape index (κ1) is 11.2. The minimum atomic E-state index is 1.16. The molecule has 1 aromatic carbocycles. The van der Waals surface area contributed by atoms with Gasteiger partial charge in [-0.05, 0) is 43.4 Å². The van der Waals surface area contributed by atoms with Gasteiger partial charge in [0.1, 0.15) is 0 Å². The van der Waals surface area contributed by atoms with Gasteiger partial charge in [0.2, 0.25) is 5.69 Å². The van der Waals surface area contributed by atoms with Gasteiger partial charge in [-0.3, -0.25) is 0 Å². The van der Waals surface area contributed by atoms with Crippen LogP contribution in [0.5, 0.6) is 0 Å². The van der Waals surface area contributed by atoms with E-state index in [1.54, 1.807) is 11.3 Å². The highest BCUT2D eigenvalue weighted by Gasteiger charge is 2.30. The second-order valence-electron chi connectivity index (χ2n) is 5.90. The Morgan fingerprint density at radius 2 is 1.84 bits per heavy atom. The zero-order valence-electron chi connectivity index (χ0n) is 11.6. The summed E-state index contributed by atoms with van der Waals surface area (Å²) >= 11 is 0. The first-order chi connectivity index (χ1) is 9.34. The lowest BCUT2D eigenvalue weighted by Gasteiger charge is -2.22. The maximum absolute atomic E-state index is 2.60. The summed E-state index contributed by atoms with van der Waals surface area (Å²) in [6, 6.07) is 11.3. The lowest BCUT2D eigenvalue weighted by atomic mass is 9.88. The third-order valence-corrected chi connectivity index (χ3v) is 4.78. The molecule has 96 valence electrons. The van der Waals surface area contributed by atoms with E-state index in [2.05, 4.69) is 41.8 Å². The Hall–Kier alpha value is -1.63. The Balaban J connectivity index is 2.00. The summed E-state index contributed by atoms with van der Waals surface area (Å²) in [5.74, 6) is 0. The largest absolute Gasteiger partial charge is 0.213 e. The van der Waals surface area contributed by atoms with E-state index in [-0.39, 0.29) is 0 Å². The molecule has 1 aliphatic carbocycles. The Labute approximate surface area is 114 Å². The average molecular weight is 250 g/mol. The second-order valence-corrected chi connectivity index (χ2v) is 5.90. The van der Waals surface area contributed by atoms with Gasteiger partial charge < -0.3 is 0 Å². The van der Waals surface area contributed by atoms with Gasteiger partial charge in [0, 0.05) is 30.0 Å². The van der Waals surface area contributed by atoms with Crippen LogP contribution < -0.4 is 4.57 Å². The van der Waals surface area contributed by atoms with Crippen LogP contribution in [0.4, 0.5) is 0 Å². The molecule has 0 bridgehead atoms. The molecule has 2 aromatic rings. The van der Waals surface area contributed by atoms with Gasteiger partial charge in [0.15, 0.2) is 12.2 Å². The number of rotatable bonds is 0. The molecule has 1 aromatic heterocycles. The van der Waals surface area contributed by atoms with Crippen LogP contribution in [0, 0.1) is 6.92 Å². The smallest absolute Gasteiger partial charge is 0.195 e. The SMILES string of the molecule is Cc1cc2[n+](c3c1CCCC3)CCc1ccccc1-2. The van der Waals surface area contributed by atoms with Crippen molar-refractivity contribution in [1.29, 1.82) is 0 Å². The molecule has 2 heterocycles. The van der Waals surface area contributed by atoms with E-state index >= 15 is 0 Å². The summed E-state index contributed by atoms with van der Waals surface area (Å²) in [4.78, 5) is 0. The molecule has 0 radical (unpaired) electrons. The Bertz CT molecular complexity index is 655. The van der Waals surface area contributed by atoms with E-state index in [4.69, 9.17) is 0 Å². The first-order valence-corrected chi connectivity index (χ1v) is 7.48. The highest BCUT2D eigenvalue weighted by molar-refractivity contribution is 5.63. The Morgan fingerprint density at radius 1 is 1.00 bits per heavy atom. The van der Waals surface area contributed by atoms with Crippen molar-refractivity contribution in [2.45, 2.75) is 45.6 Å². The number of benzene rings is 1. The molecule has 1 nitrogen and oxygen atoms in total. The zero-order valence-corrected chi connectivity index (χ0v) is 11.6. The van der Waals surface area contributed by atoms with Crippen molar-refractivity contribution < 1.29 is 4.57 Å². The predicted octanol–water partition coefficient (Wildman–Crippen LogP) is 3.38. The molecule has 0 N–H and O–H groups in total. The van der Waals surface area contributed by atoms with Gasteiger partial charge in [-0.15, -0.1) is 0 Å². The minimum absolute atomic E-state index is 1.16. The number of aromatic nitrogens is 1. The molecule has 0 fully saturated rings. The fourth-order valence-corrected chi connectivity index (χ4v) is 3.83. The number of hydrogen-bond acceptors (Lipinski definition) is 0. The molecule has 0 unspecified atom stereocenters. The van der Waals surface area contributed by atoms with Gasteiger partial charge in [-0.2, -0.15) is 4.57 Å². The summed E-state index contributed by atoms with van der Waals surface area (Å²) < 4.78 is 2.60. The second kappa shape index (κ2) is 4.19. The molecular weight excluding hydrogens is 230 g/mol. The summed E-state index contributed by atoms with van der Waals surface area (Å²) in [6.07, 6.45) is 6.46. The minimum Gasteiger partial charge on any atom is -0.195 e. The normalized spacial score (nSPS) is 16.5. The van der Waals surface area contributed by atoms with E-state index in [1.807, 2.05) is 0 Å². The van der Waals surface area contributed by atoms with Gasteiger partial charge in [-0.25, -0.2) is 0 Å². The number of pyridine rings is 1. The number of nitrogens with zero attached hydrogens (tertiary/aromatic N) is 1. The fourth-order valence-electron chi connectivity index (χ4n) is 3.83. The molecule has 0 saturated carbocycles. The summed E-state index contributed by atoms with van der Waals surface area (Å²) in [6.45, 7) is 3.46. The van der Waals surface area contributed by atoms with E-state index in [1.165, 1.54) is 54.5 Å². The summed E-state index contributed by atoms with van der Waals surface area (Å²) in [5, 5.41) is 0. The zero-order chi connectivity index (χ0) is 12.8. The highest BCUT2D eigenvalue weighted by Crippen LogP contribution is 2.30. The predicted molar refractivity (Wildman–Crippen MR) is 77.2 cm³/mol. The van der Waals surface area contributed by atoms with Crippen molar-refractivity contribution in [2.75, 3.05) is 0 Å². The van der Waals surface area contributed by atoms with Crippen LogP contribution in [0.15, 0.2) is 30.3 Å². The van der Waals surface area contributed by atoms with Crippen molar-refractivity contribution in [3.8, 4) is 11.3 Å². The molecule has 1 aliphatic heterocycles. The molecule has 0 spiro atoms. The van der Waals surface area contributed by atoms with Gasteiger partial charge >= 0.3 is 0 Å². The summed E-state index contributed by atoms with van der Waals surface area (Å²) in [5.41, 5.74) is 9.16. The van der Waals surface area contributed by atoms with Gasteiger partial charge in [0.05, 0.1) is 0 Å². The lowest BCUT2D eigenvalue weighted by molar-refractivity contribution is -0.695. The molecule has 0 amide bonds. The molecule has 1 heteroatoms. The number of fused-ring (bicyclic) bond motifs is 5. The Kier molecular flexibility index (Phi) is 2.48. The van der Waals surface area contributed by atoms with Crippen LogP contribution in [0.1, 0.15) is 35.2 Å². The maximum Gasteiger partial charge on any atom is 0.213 e. The van der Waals surface area contributed by atoms with Crippen molar-refractivity contribution >= 4 is 0 Å². The monoisotopic (exact) mass is 250 g/mol. The Morgan fingerprint density at radius 3 is 2.79 bits per heavy atom. The van der Waals surface area contributed by atoms with Crippen LogP contribution in [0.2, 0.25) is 0 Å². The van der Waals surface area contributed by atoms with Gasteiger partial charge in [0.25, 0.3) is 0 Å². The first-order valence-electron chi connectivity index (χ1n) is 7.48.